The molecule has 0 aliphatic heterocycles. The summed E-state index contributed by atoms with van der Waals surface area (Å²) in [7, 11) is 0. The number of carbonyl (C=O) groups excluding carboxylic acids is 1. The summed E-state index contributed by atoms with van der Waals surface area (Å²) in [4.78, 5) is 13.4. The molecule has 0 aliphatic rings. The zero-order valence-electron chi connectivity index (χ0n) is 10.0. The summed E-state index contributed by atoms with van der Waals surface area (Å²) >= 11 is 3.42. The Bertz CT molecular complexity index is 396. The fourth-order valence-corrected chi connectivity index (χ4v) is 1.83. The van der Waals surface area contributed by atoms with E-state index >= 15 is 0 Å². The average Bonchev–Trinajstić information content (AvgIpc) is 2.31. The second-order valence-electron chi connectivity index (χ2n) is 3.65. The monoisotopic (exact) mass is 300 g/mol. The predicted molar refractivity (Wildman–Crippen MR) is 72.2 cm³/mol. The molecule has 4 nitrogen and oxygen atoms in total. The summed E-state index contributed by atoms with van der Waals surface area (Å²) in [6.45, 7) is 4.69. The highest BCUT2D eigenvalue weighted by Crippen LogP contribution is 2.23. The summed E-state index contributed by atoms with van der Waals surface area (Å²) in [5.74, 6) is 0. The normalized spacial score (nSPS) is 10.1. The number of hydrogen-bond donors (Lipinski definition) is 2. The van der Waals surface area contributed by atoms with Gasteiger partial charge in [-0.2, -0.15) is 0 Å². The lowest BCUT2D eigenvalue weighted by Crippen LogP contribution is -2.36. The zero-order valence-corrected chi connectivity index (χ0v) is 11.6. The van der Waals surface area contributed by atoms with Crippen molar-refractivity contribution in [2.75, 3.05) is 25.0 Å². The smallest absolute Gasteiger partial charge is 0.321 e. The Morgan fingerprint density at radius 2 is 2.24 bits per heavy atom. The minimum Gasteiger partial charge on any atom is -0.395 e. The number of nitrogens with zero attached hydrogens (tertiary/aromatic N) is 1. The molecule has 0 heterocycles. The number of aliphatic hydroxyl groups excluding tert-OH is 1. The van der Waals surface area contributed by atoms with E-state index in [2.05, 4.69) is 21.2 Å². The number of anilines is 1. The van der Waals surface area contributed by atoms with Crippen molar-refractivity contribution in [3.05, 3.63) is 28.2 Å². The maximum absolute atomic E-state index is 11.9. The number of amides is 2. The van der Waals surface area contributed by atoms with Gasteiger partial charge in [-0.05, 0) is 31.5 Å². The van der Waals surface area contributed by atoms with E-state index in [0.717, 1.165) is 15.7 Å². The largest absolute Gasteiger partial charge is 0.395 e. The number of aliphatic hydroxyl groups is 1. The standard InChI is InChI=1S/C12H17BrN2O2/c1-3-15(7-8-16)12(17)14-11-6-4-5-10(13)9(11)2/h4-6,16H,3,7-8H2,1-2H3,(H,14,17). The molecule has 5 heteroatoms. The number of rotatable bonds is 4. The van der Waals surface area contributed by atoms with Crippen molar-refractivity contribution in [1.82, 2.24) is 4.90 Å². The maximum Gasteiger partial charge on any atom is 0.321 e. The van der Waals surface area contributed by atoms with E-state index in [1.54, 1.807) is 4.90 Å². The predicted octanol–water partition coefficient (Wildman–Crippen LogP) is 2.60. The Hall–Kier alpha value is -1.07. The Morgan fingerprint density at radius 3 is 2.82 bits per heavy atom. The molecule has 94 valence electrons. The van der Waals surface area contributed by atoms with Gasteiger partial charge in [0.1, 0.15) is 0 Å². The summed E-state index contributed by atoms with van der Waals surface area (Å²) in [6.07, 6.45) is 0. The number of benzene rings is 1. The summed E-state index contributed by atoms with van der Waals surface area (Å²) in [6, 6.07) is 5.46. The summed E-state index contributed by atoms with van der Waals surface area (Å²) in [5.41, 5.74) is 1.77. The number of carbonyl (C=O) groups is 1. The fraction of sp³-hybridized carbons (Fsp3) is 0.417. The molecule has 0 saturated carbocycles. The molecular weight excluding hydrogens is 284 g/mol. The first-order chi connectivity index (χ1) is 8.10. The first kappa shape index (κ1) is 14.0. The van der Waals surface area contributed by atoms with Crippen LogP contribution in [0.3, 0.4) is 0 Å². The first-order valence-corrected chi connectivity index (χ1v) is 6.31. The number of hydrogen-bond acceptors (Lipinski definition) is 2. The highest BCUT2D eigenvalue weighted by atomic mass is 79.9. The second-order valence-corrected chi connectivity index (χ2v) is 4.50. The van der Waals surface area contributed by atoms with Gasteiger partial charge in [0.25, 0.3) is 0 Å². The van der Waals surface area contributed by atoms with Gasteiger partial charge in [0, 0.05) is 23.2 Å². The van der Waals surface area contributed by atoms with E-state index in [-0.39, 0.29) is 12.6 Å². The van der Waals surface area contributed by atoms with Crippen LogP contribution in [0.2, 0.25) is 0 Å². The third kappa shape index (κ3) is 3.71. The van der Waals surface area contributed by atoms with E-state index in [1.165, 1.54) is 0 Å². The Balaban J connectivity index is 2.76. The van der Waals surface area contributed by atoms with Crippen molar-refractivity contribution in [2.24, 2.45) is 0 Å². The Kier molecular flexibility index (Phi) is 5.44. The van der Waals surface area contributed by atoms with Crippen molar-refractivity contribution in [2.45, 2.75) is 13.8 Å². The molecule has 0 spiro atoms. The van der Waals surface area contributed by atoms with Crippen molar-refractivity contribution in [1.29, 1.82) is 0 Å². The number of likely N-dealkylation sites (N-methyl/N-ethyl adjacent to an activating group) is 1. The molecule has 1 rings (SSSR count). The van der Waals surface area contributed by atoms with Crippen LogP contribution in [0.25, 0.3) is 0 Å². The molecule has 17 heavy (non-hydrogen) atoms. The molecule has 0 bridgehead atoms. The SMILES string of the molecule is CCN(CCO)C(=O)Nc1cccc(Br)c1C. The molecule has 0 aliphatic carbocycles. The minimum atomic E-state index is -0.192. The highest BCUT2D eigenvalue weighted by Gasteiger charge is 2.12. The second kappa shape index (κ2) is 6.61. The van der Waals surface area contributed by atoms with Crippen LogP contribution in [-0.2, 0) is 0 Å². The molecule has 0 saturated heterocycles. The number of nitrogens with one attached hydrogen (secondary N) is 1. The van der Waals surface area contributed by atoms with Crippen LogP contribution in [-0.4, -0.2) is 35.7 Å². The molecular formula is C12H17BrN2O2. The quantitative estimate of drug-likeness (QED) is 0.898. The number of halogens is 1. The van der Waals surface area contributed by atoms with Crippen LogP contribution in [0.1, 0.15) is 12.5 Å². The molecule has 0 aromatic heterocycles. The molecule has 2 amide bonds. The summed E-state index contributed by atoms with van der Waals surface area (Å²) < 4.78 is 0.959. The van der Waals surface area contributed by atoms with Gasteiger partial charge in [0.15, 0.2) is 0 Å². The van der Waals surface area contributed by atoms with Crippen LogP contribution < -0.4 is 5.32 Å². The van der Waals surface area contributed by atoms with E-state index in [9.17, 15) is 4.79 Å². The van der Waals surface area contributed by atoms with Crippen LogP contribution in [0.15, 0.2) is 22.7 Å². The Morgan fingerprint density at radius 1 is 1.53 bits per heavy atom. The van der Waals surface area contributed by atoms with Gasteiger partial charge in [-0.1, -0.05) is 22.0 Å². The van der Waals surface area contributed by atoms with Gasteiger partial charge in [-0.15, -0.1) is 0 Å². The third-order valence-electron chi connectivity index (χ3n) is 2.55. The van der Waals surface area contributed by atoms with Crippen LogP contribution >= 0.6 is 15.9 Å². The lowest BCUT2D eigenvalue weighted by Gasteiger charge is -2.21. The van der Waals surface area contributed by atoms with Crippen LogP contribution in [0.5, 0.6) is 0 Å². The third-order valence-corrected chi connectivity index (χ3v) is 3.41. The van der Waals surface area contributed by atoms with Gasteiger partial charge in [-0.25, -0.2) is 4.79 Å². The van der Waals surface area contributed by atoms with Crippen molar-refractivity contribution < 1.29 is 9.90 Å². The van der Waals surface area contributed by atoms with E-state index < -0.39 is 0 Å². The highest BCUT2D eigenvalue weighted by molar-refractivity contribution is 9.10. The van der Waals surface area contributed by atoms with Crippen molar-refractivity contribution in [3.8, 4) is 0 Å². The molecule has 2 N–H and O–H groups in total. The average molecular weight is 301 g/mol. The summed E-state index contributed by atoms with van der Waals surface area (Å²) in [5, 5.41) is 11.7. The minimum absolute atomic E-state index is 0.0290. The molecule has 0 atom stereocenters. The van der Waals surface area contributed by atoms with E-state index in [0.29, 0.717) is 13.1 Å². The number of urea groups is 1. The van der Waals surface area contributed by atoms with E-state index in [4.69, 9.17) is 5.11 Å². The lowest BCUT2D eigenvalue weighted by atomic mass is 10.2. The van der Waals surface area contributed by atoms with Crippen LogP contribution in [0, 0.1) is 6.92 Å². The Labute approximate surface area is 110 Å². The fourth-order valence-electron chi connectivity index (χ4n) is 1.46. The van der Waals surface area contributed by atoms with Crippen molar-refractivity contribution in [3.63, 3.8) is 0 Å². The zero-order chi connectivity index (χ0) is 12.8. The molecule has 0 fully saturated rings. The van der Waals surface area contributed by atoms with Crippen molar-refractivity contribution >= 4 is 27.6 Å². The lowest BCUT2D eigenvalue weighted by molar-refractivity contribution is 0.192. The topological polar surface area (TPSA) is 52.6 Å². The maximum atomic E-state index is 11.9. The van der Waals surface area contributed by atoms with E-state index in [1.807, 2.05) is 32.0 Å². The first-order valence-electron chi connectivity index (χ1n) is 5.52. The van der Waals surface area contributed by atoms with Gasteiger partial charge < -0.3 is 15.3 Å². The molecule has 1 aromatic rings. The van der Waals surface area contributed by atoms with Crippen LogP contribution in [0.4, 0.5) is 10.5 Å². The van der Waals surface area contributed by atoms with Gasteiger partial charge in [0.2, 0.25) is 0 Å². The van der Waals surface area contributed by atoms with Gasteiger partial charge >= 0.3 is 6.03 Å². The molecule has 0 radical (unpaired) electrons. The van der Waals surface area contributed by atoms with Gasteiger partial charge in [0.05, 0.1) is 6.61 Å². The molecule has 0 unspecified atom stereocenters. The van der Waals surface area contributed by atoms with Gasteiger partial charge in [-0.3, -0.25) is 0 Å². The molecule has 1 aromatic carbocycles.